The van der Waals surface area contributed by atoms with Gasteiger partial charge in [-0.3, -0.25) is 4.79 Å². The van der Waals surface area contributed by atoms with Crippen LogP contribution in [-0.2, 0) is 9.53 Å². The largest absolute Gasteiger partial charge is 0.466 e. The zero-order valence-corrected chi connectivity index (χ0v) is 16.1. The Morgan fingerprint density at radius 3 is 2.08 bits per heavy atom. The minimum Gasteiger partial charge on any atom is -0.466 e. The molecule has 1 aromatic carbocycles. The third-order valence-electron chi connectivity index (χ3n) is 4.08. The normalized spacial score (nSPS) is 10.7. The van der Waals surface area contributed by atoms with E-state index in [1.807, 2.05) is 18.2 Å². The molecule has 0 saturated heterocycles. The Morgan fingerprint density at radius 2 is 1.46 bits per heavy atom. The second kappa shape index (κ2) is 15.6. The van der Waals surface area contributed by atoms with Crippen LogP contribution in [0.5, 0.6) is 0 Å². The highest BCUT2D eigenvalue weighted by Crippen LogP contribution is 2.18. The number of carbonyl (C=O) groups excluding carboxylic acids is 1. The molecule has 0 unspecified atom stereocenters. The number of carbonyl (C=O) groups is 1. The first kappa shape index (κ1) is 21.1. The molecule has 0 saturated carbocycles. The van der Waals surface area contributed by atoms with Crippen LogP contribution < -0.4 is 0 Å². The van der Waals surface area contributed by atoms with Gasteiger partial charge in [0.15, 0.2) is 0 Å². The highest BCUT2D eigenvalue weighted by molar-refractivity contribution is 7.99. The van der Waals surface area contributed by atoms with Crippen LogP contribution in [0.15, 0.2) is 35.2 Å². The van der Waals surface area contributed by atoms with Crippen LogP contribution in [0.2, 0.25) is 0 Å². The van der Waals surface area contributed by atoms with E-state index >= 15 is 0 Å². The summed E-state index contributed by atoms with van der Waals surface area (Å²) in [4.78, 5) is 12.9. The predicted molar refractivity (Wildman–Crippen MR) is 105 cm³/mol. The fourth-order valence-electron chi connectivity index (χ4n) is 2.62. The molecule has 0 spiro atoms. The minimum atomic E-state index is -0.0608. The Hall–Kier alpha value is -0.960. The van der Waals surface area contributed by atoms with Gasteiger partial charge in [-0.05, 0) is 18.6 Å². The molecule has 0 amide bonds. The number of hydrogen-bond donors (Lipinski definition) is 0. The van der Waals surface area contributed by atoms with Crippen LogP contribution in [0.3, 0.4) is 0 Å². The number of thioether (sulfide) groups is 1. The minimum absolute atomic E-state index is 0.0608. The molecule has 0 atom stereocenters. The van der Waals surface area contributed by atoms with Gasteiger partial charge in [0.2, 0.25) is 0 Å². The lowest BCUT2D eigenvalue weighted by Gasteiger charge is -2.05. The summed E-state index contributed by atoms with van der Waals surface area (Å²) >= 11 is 1.71. The van der Waals surface area contributed by atoms with Crippen LogP contribution in [0.4, 0.5) is 0 Å². The predicted octanol–water partition coefficient (Wildman–Crippen LogP) is 6.63. The van der Waals surface area contributed by atoms with Crippen molar-refractivity contribution in [3.8, 4) is 0 Å². The highest BCUT2D eigenvalue weighted by Gasteiger charge is 2.03. The molecule has 0 aliphatic heterocycles. The zero-order chi connectivity index (χ0) is 17.3. The Kier molecular flexibility index (Phi) is 13.7. The number of esters is 1. The summed E-state index contributed by atoms with van der Waals surface area (Å²) < 4.78 is 5.30. The van der Waals surface area contributed by atoms with E-state index in [2.05, 4.69) is 19.1 Å². The Bertz CT molecular complexity index is 406. The number of ether oxygens (including phenoxy) is 1. The van der Waals surface area contributed by atoms with Gasteiger partial charge >= 0.3 is 5.97 Å². The molecule has 0 aliphatic carbocycles. The smallest absolute Gasteiger partial charge is 0.306 e. The Balaban J connectivity index is 1.82. The standard InChI is InChI=1S/C21H34O2S/c1-2-3-4-5-6-7-8-9-10-14-18-23-21(22)17-19-24-20-15-12-11-13-16-20/h11-13,15-16H,2-10,14,17-19H2,1H3. The van der Waals surface area contributed by atoms with Crippen molar-refractivity contribution >= 4 is 17.7 Å². The summed E-state index contributed by atoms with van der Waals surface area (Å²) in [6.07, 6.45) is 13.5. The summed E-state index contributed by atoms with van der Waals surface area (Å²) in [6.45, 7) is 2.85. The van der Waals surface area contributed by atoms with Crippen molar-refractivity contribution in [3.63, 3.8) is 0 Å². The van der Waals surface area contributed by atoms with E-state index in [1.165, 1.54) is 62.7 Å². The summed E-state index contributed by atoms with van der Waals surface area (Å²) in [5.41, 5.74) is 0. The number of rotatable bonds is 15. The molecule has 0 aliphatic rings. The molecule has 24 heavy (non-hydrogen) atoms. The summed E-state index contributed by atoms with van der Waals surface area (Å²) in [5.74, 6) is 0.732. The molecular weight excluding hydrogens is 316 g/mol. The van der Waals surface area contributed by atoms with Crippen LogP contribution in [0, 0.1) is 0 Å². The number of benzene rings is 1. The molecule has 0 bridgehead atoms. The first-order valence-electron chi connectivity index (χ1n) is 9.66. The van der Waals surface area contributed by atoms with Gasteiger partial charge in [0.1, 0.15) is 0 Å². The number of hydrogen-bond acceptors (Lipinski definition) is 3. The van der Waals surface area contributed by atoms with Gasteiger partial charge in [-0.15, -0.1) is 11.8 Å². The average molecular weight is 351 g/mol. The SMILES string of the molecule is CCCCCCCCCCCCOC(=O)CCSc1ccccc1. The van der Waals surface area contributed by atoms with E-state index in [0.717, 1.165) is 12.2 Å². The van der Waals surface area contributed by atoms with Gasteiger partial charge in [-0.1, -0.05) is 82.9 Å². The zero-order valence-electron chi connectivity index (χ0n) is 15.3. The molecular formula is C21H34O2S. The van der Waals surface area contributed by atoms with Crippen molar-refractivity contribution < 1.29 is 9.53 Å². The van der Waals surface area contributed by atoms with Gasteiger partial charge in [-0.25, -0.2) is 0 Å². The van der Waals surface area contributed by atoms with Crippen LogP contribution >= 0.6 is 11.8 Å². The van der Waals surface area contributed by atoms with E-state index in [9.17, 15) is 4.79 Å². The first-order chi connectivity index (χ1) is 11.8. The molecule has 0 aromatic heterocycles. The summed E-state index contributed by atoms with van der Waals surface area (Å²) in [6, 6.07) is 10.2. The van der Waals surface area contributed by atoms with Gasteiger partial charge in [0.25, 0.3) is 0 Å². The van der Waals surface area contributed by atoms with Crippen molar-refractivity contribution in [1.82, 2.24) is 0 Å². The van der Waals surface area contributed by atoms with Crippen molar-refractivity contribution in [2.45, 2.75) is 82.4 Å². The van der Waals surface area contributed by atoms with Crippen molar-refractivity contribution in [3.05, 3.63) is 30.3 Å². The van der Waals surface area contributed by atoms with Crippen molar-refractivity contribution in [1.29, 1.82) is 0 Å². The van der Waals surface area contributed by atoms with Gasteiger partial charge in [0.05, 0.1) is 13.0 Å². The van der Waals surface area contributed by atoms with E-state index in [-0.39, 0.29) is 5.97 Å². The number of unbranched alkanes of at least 4 members (excludes halogenated alkanes) is 9. The maximum absolute atomic E-state index is 11.7. The van der Waals surface area contributed by atoms with E-state index in [4.69, 9.17) is 4.74 Å². The molecule has 1 aromatic rings. The van der Waals surface area contributed by atoms with E-state index < -0.39 is 0 Å². The maximum Gasteiger partial charge on any atom is 0.306 e. The monoisotopic (exact) mass is 350 g/mol. The first-order valence-corrected chi connectivity index (χ1v) is 10.6. The third-order valence-corrected chi connectivity index (χ3v) is 5.09. The van der Waals surface area contributed by atoms with Crippen LogP contribution in [0.25, 0.3) is 0 Å². The average Bonchev–Trinajstić information content (AvgIpc) is 2.60. The summed E-state index contributed by atoms with van der Waals surface area (Å²) in [5, 5.41) is 0. The second-order valence-corrected chi connectivity index (χ2v) is 7.48. The molecule has 0 radical (unpaired) electrons. The molecule has 136 valence electrons. The fraction of sp³-hybridized carbons (Fsp3) is 0.667. The molecule has 2 nitrogen and oxygen atoms in total. The highest BCUT2D eigenvalue weighted by atomic mass is 32.2. The molecule has 0 fully saturated rings. The van der Waals surface area contributed by atoms with Crippen molar-refractivity contribution in [2.24, 2.45) is 0 Å². The van der Waals surface area contributed by atoms with E-state index in [1.54, 1.807) is 11.8 Å². The topological polar surface area (TPSA) is 26.3 Å². The molecule has 0 heterocycles. The van der Waals surface area contributed by atoms with Crippen LogP contribution in [0.1, 0.15) is 77.6 Å². The third kappa shape index (κ3) is 12.5. The van der Waals surface area contributed by atoms with Crippen molar-refractivity contribution in [2.75, 3.05) is 12.4 Å². The maximum atomic E-state index is 11.7. The second-order valence-electron chi connectivity index (χ2n) is 6.31. The van der Waals surface area contributed by atoms with Gasteiger partial charge in [-0.2, -0.15) is 0 Å². The fourth-order valence-corrected chi connectivity index (χ4v) is 3.47. The lowest BCUT2D eigenvalue weighted by atomic mass is 10.1. The molecule has 0 N–H and O–H groups in total. The Morgan fingerprint density at radius 1 is 0.875 bits per heavy atom. The Labute approximate surface area is 152 Å². The quantitative estimate of drug-likeness (QED) is 0.202. The summed E-state index contributed by atoms with van der Waals surface area (Å²) in [7, 11) is 0. The van der Waals surface area contributed by atoms with Crippen LogP contribution in [-0.4, -0.2) is 18.3 Å². The van der Waals surface area contributed by atoms with Gasteiger partial charge < -0.3 is 4.74 Å². The molecule has 1 rings (SSSR count). The van der Waals surface area contributed by atoms with E-state index in [0.29, 0.717) is 13.0 Å². The molecule has 3 heteroatoms. The lowest BCUT2D eigenvalue weighted by molar-refractivity contribution is -0.143. The van der Waals surface area contributed by atoms with Gasteiger partial charge in [0, 0.05) is 10.6 Å². The lowest BCUT2D eigenvalue weighted by Crippen LogP contribution is -2.06.